The van der Waals surface area contributed by atoms with Crippen LogP contribution in [0.1, 0.15) is 48.6 Å². The van der Waals surface area contributed by atoms with E-state index in [0.717, 1.165) is 30.5 Å². The minimum atomic E-state index is -0.139. The van der Waals surface area contributed by atoms with Crippen LogP contribution in [-0.2, 0) is 6.42 Å². The standard InChI is InChI=1S/C19H24FN/c1-4-12-21-19(16-9-7-6-8-15(16)5-2)17-13-14(3)10-11-18(17)20/h6-11,13,19,21H,4-5,12H2,1-3H3. The van der Waals surface area contributed by atoms with Crippen molar-refractivity contribution in [1.29, 1.82) is 0 Å². The van der Waals surface area contributed by atoms with Gasteiger partial charge in [0.25, 0.3) is 0 Å². The van der Waals surface area contributed by atoms with Crippen LogP contribution in [0, 0.1) is 12.7 Å². The second kappa shape index (κ2) is 7.37. The normalized spacial score (nSPS) is 12.4. The summed E-state index contributed by atoms with van der Waals surface area (Å²) in [5.41, 5.74) is 4.28. The van der Waals surface area contributed by atoms with Crippen LogP contribution < -0.4 is 5.32 Å². The molecule has 0 heterocycles. The molecule has 0 radical (unpaired) electrons. The molecule has 2 aromatic carbocycles. The van der Waals surface area contributed by atoms with Gasteiger partial charge in [0.15, 0.2) is 0 Å². The molecule has 0 amide bonds. The highest BCUT2D eigenvalue weighted by Gasteiger charge is 2.19. The first-order valence-corrected chi connectivity index (χ1v) is 7.74. The third kappa shape index (κ3) is 3.70. The van der Waals surface area contributed by atoms with Crippen molar-refractivity contribution in [2.24, 2.45) is 0 Å². The van der Waals surface area contributed by atoms with Crippen LogP contribution in [-0.4, -0.2) is 6.54 Å². The smallest absolute Gasteiger partial charge is 0.128 e. The van der Waals surface area contributed by atoms with Crippen molar-refractivity contribution < 1.29 is 4.39 Å². The maximum absolute atomic E-state index is 14.3. The van der Waals surface area contributed by atoms with E-state index in [1.165, 1.54) is 11.1 Å². The summed E-state index contributed by atoms with van der Waals surface area (Å²) < 4.78 is 14.3. The van der Waals surface area contributed by atoms with E-state index in [4.69, 9.17) is 0 Å². The Morgan fingerprint density at radius 1 is 1.05 bits per heavy atom. The van der Waals surface area contributed by atoms with Crippen molar-refractivity contribution >= 4 is 0 Å². The topological polar surface area (TPSA) is 12.0 Å². The molecule has 1 unspecified atom stereocenters. The molecule has 0 spiro atoms. The maximum Gasteiger partial charge on any atom is 0.128 e. The first-order valence-electron chi connectivity index (χ1n) is 7.74. The summed E-state index contributed by atoms with van der Waals surface area (Å²) in [5, 5.41) is 3.50. The Hall–Kier alpha value is -1.67. The maximum atomic E-state index is 14.3. The van der Waals surface area contributed by atoms with Gasteiger partial charge >= 0.3 is 0 Å². The van der Waals surface area contributed by atoms with Crippen LogP contribution in [0.3, 0.4) is 0 Å². The molecular weight excluding hydrogens is 261 g/mol. The minimum absolute atomic E-state index is 0.0824. The summed E-state index contributed by atoms with van der Waals surface area (Å²) in [4.78, 5) is 0. The van der Waals surface area contributed by atoms with Gasteiger partial charge in [0.1, 0.15) is 5.82 Å². The zero-order valence-electron chi connectivity index (χ0n) is 13.1. The van der Waals surface area contributed by atoms with Crippen LogP contribution in [0.4, 0.5) is 4.39 Å². The molecule has 2 aromatic rings. The van der Waals surface area contributed by atoms with Gasteiger partial charge < -0.3 is 5.32 Å². The first-order chi connectivity index (χ1) is 10.2. The van der Waals surface area contributed by atoms with Crippen LogP contribution in [0.5, 0.6) is 0 Å². The number of aryl methyl sites for hydroxylation is 2. The number of nitrogens with one attached hydrogen (secondary N) is 1. The molecule has 0 aliphatic rings. The van der Waals surface area contributed by atoms with E-state index in [1.807, 2.05) is 31.2 Å². The molecule has 2 heteroatoms. The van der Waals surface area contributed by atoms with Gasteiger partial charge in [-0.2, -0.15) is 0 Å². The molecular formula is C19H24FN. The highest BCUT2D eigenvalue weighted by Crippen LogP contribution is 2.28. The molecule has 0 fully saturated rings. The van der Waals surface area contributed by atoms with Crippen LogP contribution in [0.15, 0.2) is 42.5 Å². The summed E-state index contributed by atoms with van der Waals surface area (Å²) in [6.07, 6.45) is 1.98. The van der Waals surface area contributed by atoms with Crippen molar-refractivity contribution in [3.05, 3.63) is 70.5 Å². The quantitative estimate of drug-likeness (QED) is 0.805. The fourth-order valence-corrected chi connectivity index (χ4v) is 2.70. The van der Waals surface area contributed by atoms with Crippen LogP contribution in [0.25, 0.3) is 0 Å². The van der Waals surface area contributed by atoms with E-state index in [2.05, 4.69) is 31.3 Å². The monoisotopic (exact) mass is 285 g/mol. The van der Waals surface area contributed by atoms with Gasteiger partial charge in [-0.1, -0.05) is 55.8 Å². The van der Waals surface area contributed by atoms with E-state index in [0.29, 0.717) is 0 Å². The average Bonchev–Trinajstić information content (AvgIpc) is 2.51. The zero-order valence-corrected chi connectivity index (χ0v) is 13.1. The second-order valence-electron chi connectivity index (χ2n) is 5.46. The Kier molecular flexibility index (Phi) is 5.51. The molecule has 1 atom stereocenters. The van der Waals surface area contributed by atoms with Gasteiger partial charge in [-0.25, -0.2) is 4.39 Å². The van der Waals surface area contributed by atoms with Gasteiger partial charge in [-0.3, -0.25) is 0 Å². The van der Waals surface area contributed by atoms with E-state index in [9.17, 15) is 4.39 Å². The number of hydrogen-bond donors (Lipinski definition) is 1. The van der Waals surface area contributed by atoms with E-state index < -0.39 is 0 Å². The Labute approximate surface area is 127 Å². The van der Waals surface area contributed by atoms with Crippen molar-refractivity contribution in [3.63, 3.8) is 0 Å². The van der Waals surface area contributed by atoms with E-state index in [-0.39, 0.29) is 11.9 Å². The minimum Gasteiger partial charge on any atom is -0.306 e. The Bertz CT molecular complexity index is 592. The summed E-state index contributed by atoms with van der Waals surface area (Å²) in [6.45, 7) is 7.15. The van der Waals surface area contributed by atoms with Crippen molar-refractivity contribution in [3.8, 4) is 0 Å². The Morgan fingerprint density at radius 3 is 2.52 bits per heavy atom. The summed E-state index contributed by atoms with van der Waals surface area (Å²) in [7, 11) is 0. The number of benzene rings is 2. The molecule has 0 aromatic heterocycles. The largest absolute Gasteiger partial charge is 0.306 e. The Morgan fingerprint density at radius 2 is 1.81 bits per heavy atom. The fraction of sp³-hybridized carbons (Fsp3) is 0.368. The lowest BCUT2D eigenvalue weighted by atomic mass is 9.92. The molecule has 21 heavy (non-hydrogen) atoms. The molecule has 0 aliphatic carbocycles. The van der Waals surface area contributed by atoms with E-state index in [1.54, 1.807) is 6.07 Å². The van der Waals surface area contributed by atoms with Gasteiger partial charge in [0.05, 0.1) is 6.04 Å². The van der Waals surface area contributed by atoms with Crippen LogP contribution >= 0.6 is 0 Å². The summed E-state index contributed by atoms with van der Waals surface area (Å²) in [5.74, 6) is -0.139. The molecule has 1 N–H and O–H groups in total. The van der Waals surface area contributed by atoms with Crippen molar-refractivity contribution in [1.82, 2.24) is 5.32 Å². The first kappa shape index (κ1) is 15.7. The van der Waals surface area contributed by atoms with Gasteiger partial charge in [0.2, 0.25) is 0 Å². The zero-order chi connectivity index (χ0) is 15.2. The summed E-state index contributed by atoms with van der Waals surface area (Å²) >= 11 is 0. The predicted octanol–water partition coefficient (Wildman–Crippen LogP) is 4.79. The fourth-order valence-electron chi connectivity index (χ4n) is 2.70. The lowest BCUT2D eigenvalue weighted by Gasteiger charge is -2.23. The average molecular weight is 285 g/mol. The summed E-state index contributed by atoms with van der Waals surface area (Å²) in [6, 6.07) is 13.6. The van der Waals surface area contributed by atoms with Gasteiger partial charge in [-0.15, -0.1) is 0 Å². The van der Waals surface area contributed by atoms with Crippen molar-refractivity contribution in [2.75, 3.05) is 6.54 Å². The predicted molar refractivity (Wildman–Crippen MR) is 87.1 cm³/mol. The Balaban J connectivity index is 2.49. The highest BCUT2D eigenvalue weighted by atomic mass is 19.1. The molecule has 112 valence electrons. The molecule has 0 aliphatic heterocycles. The third-order valence-corrected chi connectivity index (χ3v) is 3.81. The lowest BCUT2D eigenvalue weighted by molar-refractivity contribution is 0.544. The van der Waals surface area contributed by atoms with Crippen LogP contribution in [0.2, 0.25) is 0 Å². The highest BCUT2D eigenvalue weighted by molar-refractivity contribution is 5.39. The van der Waals surface area contributed by atoms with Gasteiger partial charge in [-0.05, 0) is 43.5 Å². The number of rotatable bonds is 6. The molecule has 2 rings (SSSR count). The third-order valence-electron chi connectivity index (χ3n) is 3.81. The molecule has 0 bridgehead atoms. The molecule has 1 nitrogen and oxygen atoms in total. The number of hydrogen-bond acceptors (Lipinski definition) is 1. The number of halogens is 1. The molecule has 0 saturated heterocycles. The second-order valence-corrected chi connectivity index (χ2v) is 5.46. The molecule has 0 saturated carbocycles. The van der Waals surface area contributed by atoms with E-state index >= 15 is 0 Å². The van der Waals surface area contributed by atoms with Gasteiger partial charge in [0, 0.05) is 5.56 Å². The SMILES string of the molecule is CCCNC(c1cc(C)ccc1F)c1ccccc1CC. The lowest BCUT2D eigenvalue weighted by Crippen LogP contribution is -2.25. The van der Waals surface area contributed by atoms with Crippen molar-refractivity contribution in [2.45, 2.75) is 39.7 Å².